The first-order chi connectivity index (χ1) is 11.9. The Morgan fingerprint density at radius 2 is 1.96 bits per heavy atom. The van der Waals surface area contributed by atoms with E-state index in [1.165, 1.54) is 12.1 Å². The number of carbonyl (C=O) groups excluding carboxylic acids is 2. The SMILES string of the molecule is Cc1ccc(N2C[C@@H](C(=O)NCc3ccc(C(=O)O)o3)CC2=O)cc1. The number of nitrogens with one attached hydrogen (secondary N) is 1. The largest absolute Gasteiger partial charge is 0.475 e. The summed E-state index contributed by atoms with van der Waals surface area (Å²) in [4.78, 5) is 36.9. The van der Waals surface area contributed by atoms with Gasteiger partial charge in [-0.2, -0.15) is 0 Å². The van der Waals surface area contributed by atoms with E-state index in [0.717, 1.165) is 11.3 Å². The van der Waals surface area contributed by atoms with Gasteiger partial charge in [0, 0.05) is 18.7 Å². The van der Waals surface area contributed by atoms with E-state index in [1.54, 1.807) is 4.90 Å². The van der Waals surface area contributed by atoms with Gasteiger partial charge in [-0.05, 0) is 31.2 Å². The molecule has 7 nitrogen and oxygen atoms in total. The van der Waals surface area contributed by atoms with E-state index >= 15 is 0 Å². The predicted molar refractivity (Wildman–Crippen MR) is 89.2 cm³/mol. The van der Waals surface area contributed by atoms with Crippen molar-refractivity contribution in [1.82, 2.24) is 5.32 Å². The van der Waals surface area contributed by atoms with Crippen molar-refractivity contribution in [2.24, 2.45) is 5.92 Å². The van der Waals surface area contributed by atoms with E-state index in [-0.39, 0.29) is 30.5 Å². The van der Waals surface area contributed by atoms with Crippen LogP contribution in [0.4, 0.5) is 5.69 Å². The zero-order chi connectivity index (χ0) is 18.0. The van der Waals surface area contributed by atoms with Crippen LogP contribution in [0, 0.1) is 12.8 Å². The van der Waals surface area contributed by atoms with E-state index in [0.29, 0.717) is 12.3 Å². The Morgan fingerprint density at radius 3 is 2.60 bits per heavy atom. The van der Waals surface area contributed by atoms with Crippen LogP contribution in [0.15, 0.2) is 40.8 Å². The summed E-state index contributed by atoms with van der Waals surface area (Å²) in [6, 6.07) is 10.4. The molecule has 3 rings (SSSR count). The lowest BCUT2D eigenvalue weighted by Crippen LogP contribution is -2.32. The van der Waals surface area contributed by atoms with E-state index in [1.807, 2.05) is 31.2 Å². The fourth-order valence-corrected chi connectivity index (χ4v) is 2.76. The normalized spacial score (nSPS) is 16.9. The molecule has 7 heteroatoms. The lowest BCUT2D eigenvalue weighted by Gasteiger charge is -2.16. The maximum Gasteiger partial charge on any atom is 0.371 e. The summed E-state index contributed by atoms with van der Waals surface area (Å²) in [5, 5.41) is 11.5. The monoisotopic (exact) mass is 342 g/mol. The predicted octanol–water partition coefficient (Wildman–Crippen LogP) is 1.96. The Kier molecular flexibility index (Phi) is 4.56. The molecule has 1 aliphatic rings. The minimum atomic E-state index is -1.16. The van der Waals surface area contributed by atoms with Crippen molar-refractivity contribution >= 4 is 23.5 Å². The molecule has 0 unspecified atom stereocenters. The summed E-state index contributed by atoms with van der Waals surface area (Å²) in [6.45, 7) is 2.38. The zero-order valence-corrected chi connectivity index (χ0v) is 13.7. The fourth-order valence-electron chi connectivity index (χ4n) is 2.76. The molecule has 0 bridgehead atoms. The number of amides is 2. The van der Waals surface area contributed by atoms with E-state index in [4.69, 9.17) is 9.52 Å². The fraction of sp³-hybridized carbons (Fsp3) is 0.278. The van der Waals surface area contributed by atoms with Gasteiger partial charge in [0.15, 0.2) is 0 Å². The molecule has 0 saturated carbocycles. The number of anilines is 1. The van der Waals surface area contributed by atoms with Crippen LogP contribution < -0.4 is 10.2 Å². The van der Waals surface area contributed by atoms with Gasteiger partial charge < -0.3 is 19.7 Å². The number of aryl methyl sites for hydroxylation is 1. The minimum Gasteiger partial charge on any atom is -0.475 e. The smallest absolute Gasteiger partial charge is 0.371 e. The van der Waals surface area contributed by atoms with Crippen molar-refractivity contribution in [1.29, 1.82) is 0 Å². The maximum absolute atomic E-state index is 12.3. The number of hydrogen-bond donors (Lipinski definition) is 2. The molecule has 130 valence electrons. The lowest BCUT2D eigenvalue weighted by molar-refractivity contribution is -0.126. The third kappa shape index (κ3) is 3.71. The molecular formula is C18H18N2O5. The van der Waals surface area contributed by atoms with E-state index in [9.17, 15) is 14.4 Å². The van der Waals surface area contributed by atoms with E-state index < -0.39 is 11.9 Å². The highest BCUT2D eigenvalue weighted by Crippen LogP contribution is 2.25. The van der Waals surface area contributed by atoms with Gasteiger partial charge in [0.1, 0.15) is 5.76 Å². The Morgan fingerprint density at radius 1 is 1.24 bits per heavy atom. The summed E-state index contributed by atoms with van der Waals surface area (Å²) in [7, 11) is 0. The first kappa shape index (κ1) is 16.8. The molecule has 1 atom stereocenters. The number of carboxylic acids is 1. The Labute approximate surface area is 144 Å². The second-order valence-electron chi connectivity index (χ2n) is 6.03. The van der Waals surface area contributed by atoms with Crippen LogP contribution in [0.25, 0.3) is 0 Å². The quantitative estimate of drug-likeness (QED) is 0.865. The highest BCUT2D eigenvalue weighted by molar-refractivity contribution is 6.00. The second-order valence-corrected chi connectivity index (χ2v) is 6.03. The topological polar surface area (TPSA) is 99.8 Å². The van der Waals surface area contributed by atoms with Crippen LogP contribution in [-0.4, -0.2) is 29.4 Å². The van der Waals surface area contributed by atoms with Crippen LogP contribution in [0.3, 0.4) is 0 Å². The molecular weight excluding hydrogens is 324 g/mol. The number of hydrogen-bond acceptors (Lipinski definition) is 4. The molecule has 2 amide bonds. The average molecular weight is 342 g/mol. The van der Waals surface area contributed by atoms with Crippen molar-refractivity contribution in [3.8, 4) is 0 Å². The molecule has 25 heavy (non-hydrogen) atoms. The van der Waals surface area contributed by atoms with Gasteiger partial charge in [-0.25, -0.2) is 4.79 Å². The molecule has 0 aliphatic carbocycles. The van der Waals surface area contributed by atoms with Crippen molar-refractivity contribution < 1.29 is 23.9 Å². The van der Waals surface area contributed by atoms with Gasteiger partial charge in [0.05, 0.1) is 12.5 Å². The molecule has 1 saturated heterocycles. The van der Waals surface area contributed by atoms with Crippen molar-refractivity contribution in [3.05, 3.63) is 53.5 Å². The van der Waals surface area contributed by atoms with Gasteiger partial charge >= 0.3 is 5.97 Å². The second kappa shape index (κ2) is 6.80. The number of aromatic carboxylic acids is 1. The Balaban J connectivity index is 1.58. The molecule has 2 N–H and O–H groups in total. The van der Waals surface area contributed by atoms with Crippen LogP contribution in [0.1, 0.15) is 28.3 Å². The highest BCUT2D eigenvalue weighted by atomic mass is 16.4. The standard InChI is InChI=1S/C18H18N2O5/c1-11-2-4-13(5-3-11)20-10-12(8-16(20)21)17(22)19-9-14-6-7-15(25-14)18(23)24/h2-7,12H,8-10H2,1H3,(H,19,22)(H,23,24)/t12-/m0/s1. The molecule has 0 radical (unpaired) electrons. The molecule has 1 aromatic heterocycles. The molecule has 2 heterocycles. The van der Waals surface area contributed by atoms with Crippen molar-refractivity contribution in [2.75, 3.05) is 11.4 Å². The van der Waals surface area contributed by atoms with Crippen LogP contribution in [0.2, 0.25) is 0 Å². The summed E-state index contributed by atoms with van der Waals surface area (Å²) in [5.74, 6) is -1.77. The molecule has 0 spiro atoms. The van der Waals surface area contributed by atoms with Crippen LogP contribution >= 0.6 is 0 Å². The van der Waals surface area contributed by atoms with Gasteiger partial charge in [-0.3, -0.25) is 9.59 Å². The van der Waals surface area contributed by atoms with Gasteiger partial charge in [0.25, 0.3) is 0 Å². The van der Waals surface area contributed by atoms with Gasteiger partial charge in [-0.15, -0.1) is 0 Å². The first-order valence-corrected chi connectivity index (χ1v) is 7.91. The first-order valence-electron chi connectivity index (χ1n) is 7.91. The third-order valence-corrected chi connectivity index (χ3v) is 4.15. The molecule has 1 aromatic carbocycles. The number of furan rings is 1. The summed E-state index contributed by atoms with van der Waals surface area (Å²) < 4.78 is 5.09. The summed E-state index contributed by atoms with van der Waals surface area (Å²) in [6.07, 6.45) is 0.151. The number of nitrogens with zero attached hydrogens (tertiary/aromatic N) is 1. The van der Waals surface area contributed by atoms with E-state index in [2.05, 4.69) is 5.32 Å². The lowest BCUT2D eigenvalue weighted by atomic mass is 10.1. The molecule has 2 aromatic rings. The summed E-state index contributed by atoms with van der Waals surface area (Å²) >= 11 is 0. The number of rotatable bonds is 5. The number of carboxylic acid groups (broad SMARTS) is 1. The third-order valence-electron chi connectivity index (χ3n) is 4.15. The number of carbonyl (C=O) groups is 3. The van der Waals surface area contributed by atoms with Gasteiger partial charge in [-0.1, -0.05) is 17.7 Å². The molecule has 1 aliphatic heterocycles. The Hall–Kier alpha value is -3.09. The minimum absolute atomic E-state index is 0.0847. The van der Waals surface area contributed by atoms with Crippen LogP contribution in [0.5, 0.6) is 0 Å². The van der Waals surface area contributed by atoms with Gasteiger partial charge in [0.2, 0.25) is 17.6 Å². The average Bonchev–Trinajstić information content (AvgIpc) is 3.20. The zero-order valence-electron chi connectivity index (χ0n) is 13.7. The van der Waals surface area contributed by atoms with Crippen molar-refractivity contribution in [2.45, 2.75) is 19.9 Å². The highest BCUT2D eigenvalue weighted by Gasteiger charge is 2.35. The Bertz CT molecular complexity index is 809. The maximum atomic E-state index is 12.3. The molecule has 1 fully saturated rings. The van der Waals surface area contributed by atoms with Crippen LogP contribution in [-0.2, 0) is 16.1 Å². The number of benzene rings is 1. The van der Waals surface area contributed by atoms with Crippen molar-refractivity contribution in [3.63, 3.8) is 0 Å². The summed E-state index contributed by atoms with van der Waals surface area (Å²) in [5.41, 5.74) is 1.88.